The zero-order valence-corrected chi connectivity index (χ0v) is 16.6. The maximum atomic E-state index is 13.4. The summed E-state index contributed by atoms with van der Waals surface area (Å²) in [6.07, 6.45) is 2.47. The Balaban J connectivity index is 2.18. The zero-order chi connectivity index (χ0) is 20.3. The summed E-state index contributed by atoms with van der Waals surface area (Å²) < 4.78 is 33.9. The maximum Gasteiger partial charge on any atom is 0.322 e. The number of aryl methyl sites for hydroxylation is 1. The van der Waals surface area contributed by atoms with E-state index in [1.54, 1.807) is 12.1 Å². The summed E-state index contributed by atoms with van der Waals surface area (Å²) in [5.41, 5.74) is 0.931. The third kappa shape index (κ3) is 4.01. The summed E-state index contributed by atoms with van der Waals surface area (Å²) in [5, 5.41) is 10.4. The van der Waals surface area contributed by atoms with Gasteiger partial charge in [0.15, 0.2) is 0 Å². The van der Waals surface area contributed by atoms with Gasteiger partial charge in [-0.3, -0.25) is 0 Å². The van der Waals surface area contributed by atoms with Crippen LogP contribution in [0.5, 0.6) is 6.01 Å². The van der Waals surface area contributed by atoms with E-state index in [0.29, 0.717) is 0 Å². The summed E-state index contributed by atoms with van der Waals surface area (Å²) in [6, 6.07) is 6.40. The summed E-state index contributed by atoms with van der Waals surface area (Å²) in [4.78, 5) is 12.5. The van der Waals surface area contributed by atoms with Crippen LogP contribution in [-0.4, -0.2) is 51.4 Å². The second-order valence-electron chi connectivity index (χ2n) is 6.15. The molecule has 0 spiro atoms. The van der Waals surface area contributed by atoms with Crippen LogP contribution in [0.15, 0.2) is 41.8 Å². The highest BCUT2D eigenvalue weighted by atomic mass is 32.2. The monoisotopic (exact) mass is 404 g/mol. The van der Waals surface area contributed by atoms with Gasteiger partial charge in [0.25, 0.3) is 16.0 Å². The molecule has 0 aliphatic rings. The number of anilines is 2. The number of nitrogens with zero attached hydrogens (tertiary/aromatic N) is 7. The molecular weight excluding hydrogens is 384 g/mol. The third-order valence-electron chi connectivity index (χ3n) is 3.54. The molecule has 0 saturated heterocycles. The summed E-state index contributed by atoms with van der Waals surface area (Å²) >= 11 is 0. The van der Waals surface area contributed by atoms with Crippen molar-refractivity contribution < 1.29 is 13.2 Å². The highest BCUT2D eigenvalue weighted by Gasteiger charge is 2.30. The second kappa shape index (κ2) is 7.76. The fourth-order valence-corrected chi connectivity index (χ4v) is 3.59. The quantitative estimate of drug-likeness (QED) is 0.619. The highest BCUT2D eigenvalue weighted by Crippen LogP contribution is 2.24. The SMILES string of the molecule is COc1nc(NC(C)C)nc(N(n2cnnc2)S(=O)(=O)c2ccc(C)cc2)n1. The Morgan fingerprint density at radius 1 is 1.07 bits per heavy atom. The van der Waals surface area contributed by atoms with Gasteiger partial charge in [0.1, 0.15) is 12.7 Å². The van der Waals surface area contributed by atoms with Gasteiger partial charge in [-0.2, -0.15) is 23.4 Å². The van der Waals surface area contributed by atoms with Crippen LogP contribution in [0.2, 0.25) is 0 Å². The Bertz CT molecular complexity index is 1040. The van der Waals surface area contributed by atoms with Crippen LogP contribution in [-0.2, 0) is 10.0 Å². The van der Waals surface area contributed by atoms with Gasteiger partial charge in [-0.05, 0) is 32.9 Å². The number of benzene rings is 1. The smallest absolute Gasteiger partial charge is 0.322 e. The van der Waals surface area contributed by atoms with Crippen LogP contribution in [0, 0.1) is 6.92 Å². The third-order valence-corrected chi connectivity index (χ3v) is 5.21. The van der Waals surface area contributed by atoms with E-state index in [4.69, 9.17) is 4.74 Å². The van der Waals surface area contributed by atoms with Gasteiger partial charge in [-0.15, -0.1) is 14.6 Å². The van der Waals surface area contributed by atoms with E-state index in [0.717, 1.165) is 9.98 Å². The summed E-state index contributed by atoms with van der Waals surface area (Å²) in [7, 11) is -2.70. The molecule has 1 aromatic carbocycles. The van der Waals surface area contributed by atoms with E-state index in [2.05, 4.69) is 30.5 Å². The predicted molar refractivity (Wildman–Crippen MR) is 101 cm³/mol. The van der Waals surface area contributed by atoms with Gasteiger partial charge < -0.3 is 10.1 Å². The van der Waals surface area contributed by atoms with E-state index < -0.39 is 10.0 Å². The minimum atomic E-state index is -4.08. The lowest BCUT2D eigenvalue weighted by Gasteiger charge is -2.22. The molecule has 0 unspecified atom stereocenters. The van der Waals surface area contributed by atoms with E-state index in [-0.39, 0.29) is 28.8 Å². The first-order chi connectivity index (χ1) is 13.3. The minimum absolute atomic E-state index is 0.0111. The van der Waals surface area contributed by atoms with Crippen molar-refractivity contribution in [1.29, 1.82) is 0 Å². The van der Waals surface area contributed by atoms with Crippen molar-refractivity contribution >= 4 is 21.9 Å². The first-order valence-electron chi connectivity index (χ1n) is 8.35. The number of hydrogen-bond donors (Lipinski definition) is 1. The lowest BCUT2D eigenvalue weighted by molar-refractivity contribution is 0.378. The molecule has 3 aromatic rings. The number of aromatic nitrogens is 6. The molecular formula is C16H20N8O3S. The number of nitrogens with one attached hydrogen (secondary N) is 1. The molecule has 0 aliphatic heterocycles. The lowest BCUT2D eigenvalue weighted by atomic mass is 10.2. The van der Waals surface area contributed by atoms with Crippen molar-refractivity contribution in [1.82, 2.24) is 29.8 Å². The average molecular weight is 404 g/mol. The molecule has 0 atom stereocenters. The molecule has 0 radical (unpaired) electrons. The Morgan fingerprint density at radius 3 is 2.29 bits per heavy atom. The average Bonchev–Trinajstić information content (AvgIpc) is 3.15. The molecule has 0 saturated carbocycles. The number of ether oxygens (including phenoxy) is 1. The number of hydrogen-bond acceptors (Lipinski definition) is 9. The van der Waals surface area contributed by atoms with Gasteiger partial charge >= 0.3 is 6.01 Å². The van der Waals surface area contributed by atoms with Crippen LogP contribution >= 0.6 is 0 Å². The predicted octanol–water partition coefficient (Wildman–Crippen LogP) is 1.26. The number of rotatable bonds is 7. The van der Waals surface area contributed by atoms with E-state index in [9.17, 15) is 8.42 Å². The van der Waals surface area contributed by atoms with E-state index in [1.807, 2.05) is 20.8 Å². The maximum absolute atomic E-state index is 13.4. The van der Waals surface area contributed by atoms with Crippen molar-refractivity contribution in [2.75, 3.05) is 16.8 Å². The first kappa shape index (κ1) is 19.5. The van der Waals surface area contributed by atoms with Crippen molar-refractivity contribution in [3.05, 3.63) is 42.5 Å². The second-order valence-corrected chi connectivity index (χ2v) is 7.92. The molecule has 2 heterocycles. The fourth-order valence-electron chi connectivity index (χ4n) is 2.28. The number of sulfonamides is 1. The Labute approximate surface area is 162 Å². The van der Waals surface area contributed by atoms with Gasteiger partial charge in [-0.1, -0.05) is 17.7 Å². The molecule has 0 amide bonds. The normalized spacial score (nSPS) is 11.5. The molecule has 28 heavy (non-hydrogen) atoms. The van der Waals surface area contributed by atoms with E-state index in [1.165, 1.54) is 36.6 Å². The van der Waals surface area contributed by atoms with Crippen LogP contribution < -0.4 is 14.5 Å². The molecule has 0 fully saturated rings. The summed E-state index contributed by atoms with van der Waals surface area (Å²) in [6.45, 7) is 5.67. The zero-order valence-electron chi connectivity index (χ0n) is 15.8. The van der Waals surface area contributed by atoms with E-state index >= 15 is 0 Å². The molecule has 12 heteroatoms. The van der Waals surface area contributed by atoms with Gasteiger partial charge in [0.05, 0.1) is 12.0 Å². The highest BCUT2D eigenvalue weighted by molar-refractivity contribution is 7.92. The van der Waals surface area contributed by atoms with Crippen LogP contribution in [0.1, 0.15) is 19.4 Å². The van der Waals surface area contributed by atoms with Gasteiger partial charge in [-0.25, -0.2) is 4.68 Å². The molecule has 3 rings (SSSR count). The molecule has 148 valence electrons. The van der Waals surface area contributed by atoms with Crippen molar-refractivity contribution in [3.63, 3.8) is 0 Å². The molecule has 2 aromatic heterocycles. The molecule has 1 N–H and O–H groups in total. The van der Waals surface area contributed by atoms with Gasteiger partial charge in [0, 0.05) is 6.04 Å². The molecule has 11 nitrogen and oxygen atoms in total. The molecule has 0 bridgehead atoms. The summed E-state index contributed by atoms with van der Waals surface area (Å²) in [5.74, 6) is 0.00408. The first-order valence-corrected chi connectivity index (χ1v) is 9.79. The lowest BCUT2D eigenvalue weighted by Crippen LogP contribution is -2.37. The van der Waals surface area contributed by atoms with Gasteiger partial charge in [0.2, 0.25) is 5.95 Å². The Kier molecular flexibility index (Phi) is 5.40. The van der Waals surface area contributed by atoms with Crippen LogP contribution in [0.4, 0.5) is 11.9 Å². The Morgan fingerprint density at radius 2 is 1.71 bits per heavy atom. The number of methoxy groups -OCH3 is 1. The standard InChI is InChI=1S/C16H20N8O3S/c1-11(2)19-14-20-15(22-16(21-14)27-4)24(23-9-17-18-10-23)28(25,26)13-7-5-12(3)6-8-13/h5-11H,1-4H3,(H,19,20,21,22). The van der Waals surface area contributed by atoms with Crippen molar-refractivity contribution in [3.8, 4) is 6.01 Å². The van der Waals surface area contributed by atoms with Crippen LogP contribution in [0.3, 0.4) is 0 Å². The minimum Gasteiger partial charge on any atom is -0.467 e. The van der Waals surface area contributed by atoms with Crippen LogP contribution in [0.25, 0.3) is 0 Å². The Hall–Kier alpha value is -3.28. The van der Waals surface area contributed by atoms with Crippen molar-refractivity contribution in [2.24, 2.45) is 0 Å². The largest absolute Gasteiger partial charge is 0.467 e. The fraction of sp³-hybridized carbons (Fsp3) is 0.312. The topological polar surface area (TPSA) is 128 Å². The molecule has 0 aliphatic carbocycles. The van der Waals surface area contributed by atoms with Crippen molar-refractivity contribution in [2.45, 2.75) is 31.7 Å².